The van der Waals surface area contributed by atoms with Crippen LogP contribution in [0.15, 0.2) is 40.9 Å². The number of nitrogens with zero attached hydrogens (tertiary/aromatic N) is 2. The zero-order valence-corrected chi connectivity index (χ0v) is 15.3. The van der Waals surface area contributed by atoms with Gasteiger partial charge in [-0.2, -0.15) is 0 Å². The fraction of sp³-hybridized carbons (Fsp3) is 0.176. The minimum absolute atomic E-state index is 0.0720. The van der Waals surface area contributed by atoms with E-state index in [4.69, 9.17) is 4.74 Å². The molecule has 134 valence electrons. The molecule has 9 heteroatoms. The van der Waals surface area contributed by atoms with E-state index in [1.54, 1.807) is 6.07 Å². The van der Waals surface area contributed by atoms with Gasteiger partial charge in [0.2, 0.25) is 5.91 Å². The zero-order chi connectivity index (χ0) is 18.8. The molecule has 0 atom stereocenters. The number of halogens is 1. The van der Waals surface area contributed by atoms with Crippen LogP contribution in [-0.4, -0.2) is 29.9 Å². The lowest BCUT2D eigenvalue weighted by Gasteiger charge is -2.29. The number of carbonyl (C=O) groups is 2. The monoisotopic (exact) mass is 419 g/mol. The highest BCUT2D eigenvalue weighted by atomic mass is 79.9. The zero-order valence-electron chi connectivity index (χ0n) is 13.7. The van der Waals surface area contributed by atoms with Crippen LogP contribution in [0.3, 0.4) is 0 Å². The molecule has 0 spiro atoms. The molecule has 0 bridgehead atoms. The first-order valence-electron chi connectivity index (χ1n) is 7.63. The minimum atomic E-state index is -0.578. The average molecular weight is 420 g/mol. The quantitative estimate of drug-likeness (QED) is 0.353. The van der Waals surface area contributed by atoms with Gasteiger partial charge in [0.1, 0.15) is 6.54 Å². The smallest absolute Gasteiger partial charge is 0.331 e. The van der Waals surface area contributed by atoms with Gasteiger partial charge < -0.3 is 15.0 Å². The number of hydrogen-bond donors (Lipinski definition) is 1. The Labute approximate surface area is 157 Å². The lowest BCUT2D eigenvalue weighted by atomic mass is 10.2. The van der Waals surface area contributed by atoms with Crippen molar-refractivity contribution in [3.05, 3.63) is 56.5 Å². The summed E-state index contributed by atoms with van der Waals surface area (Å²) in [5.74, 6) is -0.821. The fourth-order valence-corrected chi connectivity index (χ4v) is 2.84. The summed E-state index contributed by atoms with van der Waals surface area (Å²) in [6.45, 7) is 1.70. The summed E-state index contributed by atoms with van der Waals surface area (Å²) in [6, 6.07) is 9.37. The minimum Gasteiger partial charge on any atom is -0.423 e. The fourth-order valence-electron chi connectivity index (χ4n) is 2.59. The Hall–Kier alpha value is -2.94. The van der Waals surface area contributed by atoms with Crippen molar-refractivity contribution < 1.29 is 19.2 Å². The number of fused-ring (bicyclic) bond motifs is 1. The number of carbonyl (C=O) groups excluding carboxylic acids is 2. The van der Waals surface area contributed by atoms with Crippen LogP contribution in [0, 0.1) is 17.0 Å². The summed E-state index contributed by atoms with van der Waals surface area (Å²) < 4.78 is 5.99. The molecule has 3 rings (SSSR count). The Bertz CT molecular complexity index is 915. The highest BCUT2D eigenvalue weighted by Crippen LogP contribution is 2.35. The van der Waals surface area contributed by atoms with Crippen LogP contribution in [-0.2, 0) is 9.59 Å². The van der Waals surface area contributed by atoms with E-state index >= 15 is 0 Å². The van der Waals surface area contributed by atoms with E-state index in [1.165, 1.54) is 23.1 Å². The van der Waals surface area contributed by atoms with Crippen molar-refractivity contribution in [2.24, 2.45) is 0 Å². The van der Waals surface area contributed by atoms with E-state index in [-0.39, 0.29) is 30.4 Å². The van der Waals surface area contributed by atoms with Gasteiger partial charge in [-0.3, -0.25) is 14.9 Å². The number of nitro groups is 1. The number of hydrogen-bond acceptors (Lipinski definition) is 6. The molecule has 0 fully saturated rings. The lowest BCUT2D eigenvalue weighted by Crippen LogP contribution is -2.41. The molecule has 8 nitrogen and oxygen atoms in total. The van der Waals surface area contributed by atoms with E-state index in [0.29, 0.717) is 11.4 Å². The molecule has 1 aliphatic heterocycles. The van der Waals surface area contributed by atoms with Crippen molar-refractivity contribution in [3.63, 3.8) is 0 Å². The van der Waals surface area contributed by atoms with Crippen molar-refractivity contribution in [2.45, 2.75) is 6.92 Å². The van der Waals surface area contributed by atoms with Gasteiger partial charge in [0.15, 0.2) is 5.75 Å². The maximum absolute atomic E-state index is 12.3. The molecule has 0 aliphatic carbocycles. The van der Waals surface area contributed by atoms with E-state index in [2.05, 4.69) is 21.2 Å². The third kappa shape index (κ3) is 3.83. The number of ether oxygens (including phenoxy) is 1. The normalized spacial score (nSPS) is 13.0. The predicted molar refractivity (Wildman–Crippen MR) is 98.5 cm³/mol. The van der Waals surface area contributed by atoms with Gasteiger partial charge in [-0.05, 0) is 36.8 Å². The number of amides is 1. The Balaban J connectivity index is 1.77. The molecule has 1 heterocycles. The molecule has 0 saturated heterocycles. The Morgan fingerprint density at radius 3 is 2.81 bits per heavy atom. The summed E-state index contributed by atoms with van der Waals surface area (Å²) in [5, 5.41) is 13.6. The van der Waals surface area contributed by atoms with Gasteiger partial charge in [0.05, 0.1) is 23.2 Å². The van der Waals surface area contributed by atoms with E-state index in [1.807, 2.05) is 19.1 Å². The Morgan fingerprint density at radius 1 is 1.35 bits per heavy atom. The summed E-state index contributed by atoms with van der Waals surface area (Å²) in [7, 11) is 0. The molecular formula is C17H14BrN3O5. The Kier molecular flexibility index (Phi) is 4.90. The van der Waals surface area contributed by atoms with Crippen LogP contribution >= 0.6 is 15.9 Å². The maximum Gasteiger partial charge on any atom is 0.331 e. The van der Waals surface area contributed by atoms with Crippen LogP contribution in [0.5, 0.6) is 5.75 Å². The van der Waals surface area contributed by atoms with Gasteiger partial charge in [0.25, 0.3) is 5.69 Å². The second kappa shape index (κ2) is 7.12. The molecule has 1 aliphatic rings. The Morgan fingerprint density at radius 2 is 2.12 bits per heavy atom. The van der Waals surface area contributed by atoms with Crippen LogP contribution in [0.2, 0.25) is 0 Å². The van der Waals surface area contributed by atoms with Crippen molar-refractivity contribution in [3.8, 4) is 5.75 Å². The molecule has 2 aromatic carbocycles. The first kappa shape index (κ1) is 17.9. The van der Waals surface area contributed by atoms with Gasteiger partial charge in [0, 0.05) is 16.2 Å². The standard InChI is InChI=1S/C17H14BrN3O5/c1-10-6-11(2-4-13(10)18)19-16(22)8-20-9-17(23)26-15-7-12(21(24)25)3-5-14(15)20/h2-7H,8-9H2,1H3,(H,19,22). The number of esters is 1. The number of nitrogens with one attached hydrogen (secondary N) is 1. The van der Waals surface area contributed by atoms with Crippen LogP contribution in [0.4, 0.5) is 17.1 Å². The number of anilines is 2. The molecular weight excluding hydrogens is 406 g/mol. The average Bonchev–Trinajstić information content (AvgIpc) is 2.57. The topological polar surface area (TPSA) is 102 Å². The maximum atomic E-state index is 12.3. The van der Waals surface area contributed by atoms with Crippen molar-refractivity contribution >= 4 is 44.9 Å². The number of benzene rings is 2. The number of non-ortho nitro benzene ring substituents is 1. The highest BCUT2D eigenvalue weighted by Gasteiger charge is 2.27. The summed E-state index contributed by atoms with van der Waals surface area (Å²) in [6.07, 6.45) is 0. The summed E-state index contributed by atoms with van der Waals surface area (Å²) in [5.41, 5.74) is 1.88. The second-order valence-corrected chi connectivity index (χ2v) is 6.61. The highest BCUT2D eigenvalue weighted by molar-refractivity contribution is 9.10. The van der Waals surface area contributed by atoms with Crippen LogP contribution in [0.1, 0.15) is 5.56 Å². The van der Waals surface area contributed by atoms with Crippen LogP contribution < -0.4 is 15.0 Å². The van der Waals surface area contributed by atoms with Gasteiger partial charge in [-0.1, -0.05) is 15.9 Å². The molecule has 1 N–H and O–H groups in total. The molecule has 26 heavy (non-hydrogen) atoms. The molecule has 0 saturated carbocycles. The number of aryl methyl sites for hydroxylation is 1. The third-order valence-electron chi connectivity index (χ3n) is 3.81. The predicted octanol–water partition coefficient (Wildman–Crippen LogP) is 3.03. The summed E-state index contributed by atoms with van der Waals surface area (Å²) in [4.78, 5) is 35.9. The molecule has 0 radical (unpaired) electrons. The lowest BCUT2D eigenvalue weighted by molar-refractivity contribution is -0.384. The van der Waals surface area contributed by atoms with Gasteiger partial charge in [-0.25, -0.2) is 4.79 Å². The first-order valence-corrected chi connectivity index (χ1v) is 8.43. The van der Waals surface area contributed by atoms with E-state index < -0.39 is 10.9 Å². The number of rotatable bonds is 4. The van der Waals surface area contributed by atoms with Crippen molar-refractivity contribution in [2.75, 3.05) is 23.3 Å². The molecule has 2 aromatic rings. The van der Waals surface area contributed by atoms with Crippen LogP contribution in [0.25, 0.3) is 0 Å². The molecule has 0 unspecified atom stereocenters. The van der Waals surface area contributed by atoms with Crippen molar-refractivity contribution in [1.29, 1.82) is 0 Å². The molecule has 0 aromatic heterocycles. The van der Waals surface area contributed by atoms with E-state index in [9.17, 15) is 19.7 Å². The second-order valence-electron chi connectivity index (χ2n) is 5.75. The van der Waals surface area contributed by atoms with E-state index in [0.717, 1.165) is 10.0 Å². The first-order chi connectivity index (χ1) is 12.3. The summed E-state index contributed by atoms with van der Waals surface area (Å²) >= 11 is 3.40. The van der Waals surface area contributed by atoms with Gasteiger partial charge >= 0.3 is 5.97 Å². The SMILES string of the molecule is Cc1cc(NC(=O)CN2CC(=O)Oc3cc([N+](=O)[O-])ccc32)ccc1Br. The third-order valence-corrected chi connectivity index (χ3v) is 4.70. The number of nitro benzene ring substituents is 1. The molecule has 1 amide bonds. The largest absolute Gasteiger partial charge is 0.423 e. The van der Waals surface area contributed by atoms with Crippen molar-refractivity contribution in [1.82, 2.24) is 0 Å². The van der Waals surface area contributed by atoms with Gasteiger partial charge in [-0.15, -0.1) is 0 Å².